The Morgan fingerprint density at radius 3 is 2.61 bits per heavy atom. The summed E-state index contributed by atoms with van der Waals surface area (Å²) in [6.07, 6.45) is -4.37. The van der Waals surface area contributed by atoms with Gasteiger partial charge in [-0.3, -0.25) is 0 Å². The highest BCUT2D eigenvalue weighted by molar-refractivity contribution is 6.30. The van der Waals surface area contributed by atoms with Crippen LogP contribution in [0.15, 0.2) is 18.2 Å². The molecule has 0 aromatic heterocycles. The fourth-order valence-electron chi connectivity index (χ4n) is 1.27. The van der Waals surface area contributed by atoms with Crippen LogP contribution in [0.1, 0.15) is 18.5 Å². The quantitative estimate of drug-likeness (QED) is 0.666. The smallest absolute Gasteiger partial charge is 0.411 e. The number of nitrogens with two attached hydrogens (primary N) is 1. The minimum atomic E-state index is -4.37. The van der Waals surface area contributed by atoms with E-state index in [9.17, 15) is 13.2 Å². The van der Waals surface area contributed by atoms with Crippen molar-refractivity contribution in [2.45, 2.75) is 19.1 Å². The summed E-state index contributed by atoms with van der Waals surface area (Å²) in [4.78, 5) is 0. The molecule has 0 amide bonds. The molecule has 0 saturated heterocycles. The molecule has 1 rings (SSSR count). The van der Waals surface area contributed by atoms with Gasteiger partial charge in [0.1, 0.15) is 12.4 Å². The zero-order valence-electron chi connectivity index (χ0n) is 9.63. The van der Waals surface area contributed by atoms with Crippen molar-refractivity contribution < 1.29 is 22.6 Å². The second kappa shape index (κ2) is 6.26. The van der Waals surface area contributed by atoms with Gasteiger partial charge in [-0.1, -0.05) is 11.6 Å². The van der Waals surface area contributed by atoms with Crippen LogP contribution >= 0.6 is 11.6 Å². The Morgan fingerprint density at radius 1 is 1.39 bits per heavy atom. The largest absolute Gasteiger partial charge is 0.467 e. The van der Waals surface area contributed by atoms with Crippen LogP contribution in [0.25, 0.3) is 0 Å². The maximum atomic E-state index is 11.8. The summed E-state index contributed by atoms with van der Waals surface area (Å²) in [6, 6.07) is 4.36. The monoisotopic (exact) mass is 283 g/mol. The first-order valence-corrected chi connectivity index (χ1v) is 5.49. The molecular formula is C11H13ClF3NO2. The summed E-state index contributed by atoms with van der Waals surface area (Å²) < 4.78 is 44.9. The van der Waals surface area contributed by atoms with Gasteiger partial charge in [0, 0.05) is 16.6 Å². The summed E-state index contributed by atoms with van der Waals surface area (Å²) in [5, 5.41) is 0.478. The average molecular weight is 284 g/mol. The van der Waals surface area contributed by atoms with Crippen LogP contribution in [0, 0.1) is 0 Å². The molecule has 3 nitrogen and oxygen atoms in total. The maximum Gasteiger partial charge on any atom is 0.411 e. The van der Waals surface area contributed by atoms with Crippen LogP contribution in [-0.2, 0) is 4.74 Å². The van der Waals surface area contributed by atoms with Gasteiger partial charge in [0.2, 0.25) is 0 Å². The van der Waals surface area contributed by atoms with Crippen LogP contribution in [0.5, 0.6) is 5.75 Å². The minimum Gasteiger partial charge on any atom is -0.467 e. The van der Waals surface area contributed by atoms with Crippen LogP contribution in [0.2, 0.25) is 5.02 Å². The van der Waals surface area contributed by atoms with Crippen molar-refractivity contribution >= 4 is 11.6 Å². The lowest BCUT2D eigenvalue weighted by Crippen LogP contribution is -2.19. The molecule has 2 N–H and O–H groups in total. The summed E-state index contributed by atoms with van der Waals surface area (Å²) in [6.45, 7) is -0.135. The number of rotatable bonds is 5. The fourth-order valence-corrected chi connectivity index (χ4v) is 1.45. The van der Waals surface area contributed by atoms with Gasteiger partial charge >= 0.3 is 6.18 Å². The Balaban J connectivity index is 2.57. The van der Waals surface area contributed by atoms with Crippen molar-refractivity contribution in [1.82, 2.24) is 0 Å². The van der Waals surface area contributed by atoms with E-state index in [1.807, 2.05) is 0 Å². The van der Waals surface area contributed by atoms with Crippen molar-refractivity contribution in [1.29, 1.82) is 0 Å². The topological polar surface area (TPSA) is 44.5 Å². The molecule has 0 aliphatic rings. The van der Waals surface area contributed by atoms with Gasteiger partial charge in [-0.15, -0.1) is 0 Å². The molecule has 0 bridgehead atoms. The van der Waals surface area contributed by atoms with E-state index in [4.69, 9.17) is 22.1 Å². The highest BCUT2D eigenvalue weighted by atomic mass is 35.5. The van der Waals surface area contributed by atoms with Gasteiger partial charge in [0.15, 0.2) is 6.79 Å². The molecule has 0 saturated carbocycles. The number of hydrogen-bond acceptors (Lipinski definition) is 3. The Morgan fingerprint density at radius 2 is 2.06 bits per heavy atom. The van der Waals surface area contributed by atoms with Crippen LogP contribution in [0.4, 0.5) is 13.2 Å². The standard InChI is InChI=1S/C11H13ClF3NO2/c1-7(16)9-4-8(12)2-3-10(9)18-6-17-5-11(13,14)15/h2-4,7H,5-6,16H2,1H3/t7-/m1/s1. The fraction of sp³-hybridized carbons (Fsp3) is 0.455. The Kier molecular flexibility index (Phi) is 5.25. The molecule has 0 fully saturated rings. The van der Waals surface area contributed by atoms with E-state index in [1.165, 1.54) is 6.07 Å². The molecule has 0 radical (unpaired) electrons. The molecule has 7 heteroatoms. The van der Waals surface area contributed by atoms with E-state index in [2.05, 4.69) is 4.74 Å². The lowest BCUT2D eigenvalue weighted by molar-refractivity contribution is -0.186. The zero-order valence-corrected chi connectivity index (χ0v) is 10.4. The van der Waals surface area contributed by atoms with Crippen molar-refractivity contribution in [3.8, 4) is 5.75 Å². The lowest BCUT2D eigenvalue weighted by atomic mass is 10.1. The highest BCUT2D eigenvalue weighted by Crippen LogP contribution is 2.27. The molecule has 0 aliphatic carbocycles. The Hall–Kier alpha value is -0.980. The van der Waals surface area contributed by atoms with E-state index >= 15 is 0 Å². The van der Waals surface area contributed by atoms with Gasteiger partial charge in [-0.05, 0) is 25.1 Å². The van der Waals surface area contributed by atoms with E-state index < -0.39 is 19.6 Å². The average Bonchev–Trinajstić information content (AvgIpc) is 2.24. The number of halogens is 4. The third kappa shape index (κ3) is 5.12. The summed E-state index contributed by atoms with van der Waals surface area (Å²) in [7, 11) is 0. The minimum absolute atomic E-state index is 0.346. The van der Waals surface area contributed by atoms with E-state index in [1.54, 1.807) is 19.1 Å². The molecule has 18 heavy (non-hydrogen) atoms. The van der Waals surface area contributed by atoms with Gasteiger partial charge in [-0.2, -0.15) is 13.2 Å². The second-order valence-electron chi connectivity index (χ2n) is 3.70. The molecule has 1 aromatic rings. The van der Waals surface area contributed by atoms with Crippen LogP contribution in [-0.4, -0.2) is 19.6 Å². The first-order chi connectivity index (χ1) is 8.29. The molecule has 0 aliphatic heterocycles. The number of alkyl halides is 3. The predicted molar refractivity (Wildman–Crippen MR) is 61.6 cm³/mol. The Bertz CT molecular complexity index is 396. The summed E-state index contributed by atoms with van der Waals surface area (Å²) in [5.41, 5.74) is 6.31. The zero-order chi connectivity index (χ0) is 13.8. The Labute approximate surface area is 108 Å². The van der Waals surface area contributed by atoms with Crippen molar-refractivity contribution in [3.63, 3.8) is 0 Å². The van der Waals surface area contributed by atoms with Crippen LogP contribution in [0.3, 0.4) is 0 Å². The highest BCUT2D eigenvalue weighted by Gasteiger charge is 2.27. The van der Waals surface area contributed by atoms with E-state index in [0.29, 0.717) is 16.3 Å². The van der Waals surface area contributed by atoms with E-state index in [0.717, 1.165) is 0 Å². The maximum absolute atomic E-state index is 11.8. The summed E-state index contributed by atoms with van der Waals surface area (Å²) >= 11 is 5.79. The molecule has 102 valence electrons. The van der Waals surface area contributed by atoms with Gasteiger partial charge < -0.3 is 15.2 Å². The SMILES string of the molecule is C[C@@H](N)c1cc(Cl)ccc1OCOCC(F)(F)F. The van der Waals surface area contributed by atoms with Crippen molar-refractivity contribution in [2.24, 2.45) is 5.73 Å². The molecule has 0 spiro atoms. The molecule has 0 unspecified atom stereocenters. The number of benzene rings is 1. The van der Waals surface area contributed by atoms with Gasteiger partial charge in [-0.25, -0.2) is 0 Å². The first kappa shape index (κ1) is 15.1. The van der Waals surface area contributed by atoms with E-state index in [-0.39, 0.29) is 6.04 Å². The second-order valence-corrected chi connectivity index (χ2v) is 4.13. The first-order valence-electron chi connectivity index (χ1n) is 5.12. The van der Waals surface area contributed by atoms with Crippen molar-refractivity contribution in [2.75, 3.05) is 13.4 Å². The third-order valence-electron chi connectivity index (χ3n) is 2.03. The van der Waals surface area contributed by atoms with Crippen LogP contribution < -0.4 is 10.5 Å². The molecule has 1 atom stereocenters. The summed E-state index contributed by atoms with van der Waals surface area (Å²) in [5.74, 6) is 0.358. The number of hydrogen-bond donors (Lipinski definition) is 1. The third-order valence-corrected chi connectivity index (χ3v) is 2.26. The normalized spacial score (nSPS) is 13.4. The molecule has 0 heterocycles. The predicted octanol–water partition coefficient (Wildman–Crippen LogP) is 3.27. The van der Waals surface area contributed by atoms with Crippen molar-refractivity contribution in [3.05, 3.63) is 28.8 Å². The molecule has 1 aromatic carbocycles. The van der Waals surface area contributed by atoms with Gasteiger partial charge in [0.05, 0.1) is 0 Å². The lowest BCUT2D eigenvalue weighted by Gasteiger charge is -2.15. The number of ether oxygens (including phenoxy) is 2. The van der Waals surface area contributed by atoms with Gasteiger partial charge in [0.25, 0.3) is 0 Å². The molecular weight excluding hydrogens is 271 g/mol.